The number of thioether (sulfide) groups is 1. The summed E-state index contributed by atoms with van der Waals surface area (Å²) in [6.07, 6.45) is 13.7. The van der Waals surface area contributed by atoms with Crippen LogP contribution in [0.4, 0.5) is 0 Å². The van der Waals surface area contributed by atoms with Crippen LogP contribution in [0.3, 0.4) is 0 Å². The Balaban J connectivity index is 1.55. The number of hydrogen-bond donors (Lipinski definition) is 0. The first-order valence-corrected chi connectivity index (χ1v) is 9.68. The summed E-state index contributed by atoms with van der Waals surface area (Å²) in [6.45, 7) is 0. The maximum atomic E-state index is 2.37. The van der Waals surface area contributed by atoms with Gasteiger partial charge in [0.05, 0.1) is 0 Å². The van der Waals surface area contributed by atoms with Crippen molar-refractivity contribution in [2.75, 3.05) is 0 Å². The third-order valence-electron chi connectivity index (χ3n) is 6.18. The Morgan fingerprint density at radius 2 is 1.64 bits per heavy atom. The van der Waals surface area contributed by atoms with Gasteiger partial charge in [0.1, 0.15) is 0 Å². The van der Waals surface area contributed by atoms with Crippen molar-refractivity contribution < 1.29 is 0 Å². The summed E-state index contributed by atoms with van der Waals surface area (Å²) in [5, 5.41) is 2.83. The molecule has 0 nitrogen and oxygen atoms in total. The van der Waals surface area contributed by atoms with Crippen LogP contribution in [0.5, 0.6) is 0 Å². The van der Waals surface area contributed by atoms with Gasteiger partial charge in [-0.25, -0.2) is 0 Å². The monoisotopic (exact) mass is 334 g/mol. The molecule has 0 spiro atoms. The van der Waals surface area contributed by atoms with Crippen molar-refractivity contribution in [1.82, 2.24) is 0 Å². The van der Waals surface area contributed by atoms with Crippen molar-refractivity contribution in [3.05, 3.63) is 106 Å². The molecule has 1 aliphatic heterocycles. The van der Waals surface area contributed by atoms with Gasteiger partial charge >= 0.3 is 0 Å². The Morgan fingerprint density at radius 3 is 2.56 bits per heavy atom. The Labute approximate surface area is 150 Å². The summed E-state index contributed by atoms with van der Waals surface area (Å²) >= 11 is 2.03. The van der Waals surface area contributed by atoms with E-state index in [2.05, 4.69) is 72.9 Å². The molecule has 2 aromatic carbocycles. The predicted molar refractivity (Wildman–Crippen MR) is 107 cm³/mol. The summed E-state index contributed by atoms with van der Waals surface area (Å²) in [5.74, 6) is 0.938. The van der Waals surface area contributed by atoms with Gasteiger partial charge in [0.2, 0.25) is 0 Å². The molecule has 0 saturated heterocycles. The van der Waals surface area contributed by atoms with Crippen LogP contribution in [0.2, 0.25) is 0 Å². The molecule has 0 N–H and O–H groups in total. The van der Waals surface area contributed by atoms with E-state index in [0.29, 0.717) is 11.8 Å². The van der Waals surface area contributed by atoms with Gasteiger partial charge in [-0.05, 0) is 44.2 Å². The van der Waals surface area contributed by atoms with Crippen LogP contribution >= 0.6 is 11.8 Å². The van der Waals surface area contributed by atoms with Crippen molar-refractivity contribution in [2.45, 2.75) is 0 Å². The SMILES string of the molecule is C1=CC2=CC=CC3=C4SC5=C(c6cccc7cccc5c67)C4C(=C1)C23. The van der Waals surface area contributed by atoms with E-state index in [4.69, 9.17) is 0 Å². The van der Waals surface area contributed by atoms with Crippen molar-refractivity contribution in [1.29, 1.82) is 0 Å². The molecule has 0 bridgehead atoms. The molecule has 4 aliphatic carbocycles. The molecule has 25 heavy (non-hydrogen) atoms. The van der Waals surface area contributed by atoms with E-state index in [1.165, 1.54) is 38.0 Å². The second-order valence-corrected chi connectivity index (χ2v) is 8.34. The normalized spacial score (nSPS) is 26.9. The fourth-order valence-corrected chi connectivity index (χ4v) is 6.79. The van der Waals surface area contributed by atoms with Crippen LogP contribution in [0.25, 0.3) is 21.3 Å². The van der Waals surface area contributed by atoms with E-state index >= 15 is 0 Å². The van der Waals surface area contributed by atoms with Gasteiger partial charge < -0.3 is 0 Å². The topological polar surface area (TPSA) is 0 Å². The lowest BCUT2D eigenvalue weighted by Gasteiger charge is -2.25. The molecular formula is C24H14S. The van der Waals surface area contributed by atoms with Gasteiger partial charge in [-0.1, -0.05) is 84.6 Å². The van der Waals surface area contributed by atoms with Crippen molar-refractivity contribution in [2.24, 2.45) is 11.8 Å². The van der Waals surface area contributed by atoms with Gasteiger partial charge in [-0.15, -0.1) is 0 Å². The molecular weight excluding hydrogens is 320 g/mol. The fraction of sp³-hybridized carbons (Fsp3) is 0.0833. The molecule has 5 aliphatic rings. The molecule has 0 amide bonds. The first kappa shape index (κ1) is 12.8. The highest BCUT2D eigenvalue weighted by Crippen LogP contribution is 2.68. The number of fused-ring (bicyclic) bond motifs is 5. The molecule has 2 unspecified atom stereocenters. The Bertz CT molecular complexity index is 1200. The average Bonchev–Trinajstić information content (AvgIpc) is 3.28. The van der Waals surface area contributed by atoms with Crippen molar-refractivity contribution in [3.8, 4) is 0 Å². The lowest BCUT2D eigenvalue weighted by molar-refractivity contribution is 0.839. The predicted octanol–water partition coefficient (Wildman–Crippen LogP) is 6.26. The van der Waals surface area contributed by atoms with E-state index in [9.17, 15) is 0 Å². The molecule has 116 valence electrons. The number of benzene rings is 2. The molecule has 0 radical (unpaired) electrons. The van der Waals surface area contributed by atoms with Gasteiger partial charge in [-0.3, -0.25) is 0 Å². The maximum absolute atomic E-state index is 2.37. The zero-order chi connectivity index (χ0) is 16.1. The first-order valence-electron chi connectivity index (χ1n) is 8.87. The molecule has 2 aromatic rings. The minimum Gasteiger partial charge on any atom is -0.0922 e. The highest BCUT2D eigenvalue weighted by molar-refractivity contribution is 8.12. The summed E-state index contributed by atoms with van der Waals surface area (Å²) in [7, 11) is 0. The number of hydrogen-bond acceptors (Lipinski definition) is 1. The Hall–Kier alpha value is -2.51. The number of rotatable bonds is 0. The smallest absolute Gasteiger partial charge is 0.0395 e. The summed E-state index contributed by atoms with van der Waals surface area (Å²) in [5.41, 5.74) is 9.01. The minimum atomic E-state index is 0.453. The van der Waals surface area contributed by atoms with Gasteiger partial charge in [0, 0.05) is 21.6 Å². The van der Waals surface area contributed by atoms with Gasteiger partial charge in [0.25, 0.3) is 0 Å². The molecule has 0 saturated carbocycles. The molecule has 0 fully saturated rings. The van der Waals surface area contributed by atoms with Crippen molar-refractivity contribution >= 4 is 33.0 Å². The lowest BCUT2D eigenvalue weighted by Crippen LogP contribution is -2.12. The van der Waals surface area contributed by atoms with Crippen molar-refractivity contribution in [3.63, 3.8) is 0 Å². The van der Waals surface area contributed by atoms with E-state index in [0.717, 1.165) is 0 Å². The average molecular weight is 334 g/mol. The van der Waals surface area contributed by atoms with Crippen LogP contribution in [0.1, 0.15) is 11.1 Å². The first-order chi connectivity index (χ1) is 12.4. The zero-order valence-corrected chi connectivity index (χ0v) is 14.3. The summed E-state index contributed by atoms with van der Waals surface area (Å²) in [4.78, 5) is 3.07. The van der Waals surface area contributed by atoms with Crippen LogP contribution in [0, 0.1) is 11.8 Å². The molecule has 7 rings (SSSR count). The van der Waals surface area contributed by atoms with Crippen LogP contribution in [-0.4, -0.2) is 0 Å². The van der Waals surface area contributed by atoms with E-state index in [-0.39, 0.29) is 0 Å². The third-order valence-corrected chi connectivity index (χ3v) is 7.52. The molecule has 1 heteroatoms. The van der Waals surface area contributed by atoms with Crippen LogP contribution in [0.15, 0.2) is 94.5 Å². The van der Waals surface area contributed by atoms with Crippen LogP contribution in [-0.2, 0) is 0 Å². The molecule has 0 aromatic heterocycles. The molecule has 1 heterocycles. The van der Waals surface area contributed by atoms with Gasteiger partial charge in [-0.2, -0.15) is 0 Å². The Kier molecular flexibility index (Phi) is 2.14. The summed E-state index contributed by atoms with van der Waals surface area (Å²) < 4.78 is 0. The minimum absolute atomic E-state index is 0.453. The van der Waals surface area contributed by atoms with Crippen LogP contribution < -0.4 is 0 Å². The quantitative estimate of drug-likeness (QED) is 0.548. The highest BCUT2D eigenvalue weighted by atomic mass is 32.2. The highest BCUT2D eigenvalue weighted by Gasteiger charge is 2.48. The lowest BCUT2D eigenvalue weighted by atomic mass is 9.78. The standard InChI is InChI=1S/C24H14S/c1-5-13-7-3-11-17-19(13)15(9-1)21-22-16-10-2-6-14-8-4-12-18(20(14)16)24(22)25-23(17)21/h1-12,19,21H. The number of allylic oxidation sites excluding steroid dienone is 11. The third kappa shape index (κ3) is 1.36. The van der Waals surface area contributed by atoms with E-state index in [1.54, 1.807) is 16.1 Å². The zero-order valence-electron chi connectivity index (χ0n) is 13.5. The molecule has 2 atom stereocenters. The second-order valence-electron chi connectivity index (χ2n) is 7.29. The van der Waals surface area contributed by atoms with E-state index in [1.807, 2.05) is 11.8 Å². The largest absolute Gasteiger partial charge is 0.0922 e. The van der Waals surface area contributed by atoms with E-state index < -0.39 is 0 Å². The summed E-state index contributed by atoms with van der Waals surface area (Å²) in [6, 6.07) is 13.6. The van der Waals surface area contributed by atoms with Gasteiger partial charge in [0.15, 0.2) is 0 Å². The second kappa shape index (κ2) is 4.17. The maximum Gasteiger partial charge on any atom is 0.0395 e. The fourth-order valence-electron chi connectivity index (χ4n) is 5.27. The Morgan fingerprint density at radius 1 is 0.800 bits per heavy atom.